The SMILES string of the molecule is FC(F)(F)Oc1ccc(C#Cc2ccccc2I)cc1. The maximum atomic E-state index is 12.0. The number of rotatable bonds is 1. The predicted octanol–water partition coefficient (Wildman–Crippen LogP) is 4.59. The van der Waals surface area contributed by atoms with Gasteiger partial charge in [0.2, 0.25) is 0 Å². The second-order valence-electron chi connectivity index (χ2n) is 3.80. The van der Waals surface area contributed by atoms with Crippen LogP contribution in [0.1, 0.15) is 11.1 Å². The first kappa shape index (κ1) is 14.7. The summed E-state index contributed by atoms with van der Waals surface area (Å²) < 4.78 is 40.8. The van der Waals surface area contributed by atoms with Gasteiger partial charge in [-0.15, -0.1) is 13.2 Å². The molecule has 5 heteroatoms. The van der Waals surface area contributed by atoms with Gasteiger partial charge in [0.1, 0.15) is 5.75 Å². The van der Waals surface area contributed by atoms with E-state index in [9.17, 15) is 13.2 Å². The van der Waals surface area contributed by atoms with Crippen molar-refractivity contribution in [2.45, 2.75) is 6.36 Å². The van der Waals surface area contributed by atoms with Gasteiger partial charge in [-0.3, -0.25) is 0 Å². The summed E-state index contributed by atoms with van der Waals surface area (Å²) in [6.07, 6.45) is -4.67. The van der Waals surface area contributed by atoms with Gasteiger partial charge in [0.15, 0.2) is 0 Å². The highest BCUT2D eigenvalue weighted by molar-refractivity contribution is 14.1. The molecule has 0 radical (unpaired) electrons. The molecule has 0 aliphatic carbocycles. The van der Waals surface area contributed by atoms with Crippen molar-refractivity contribution in [3.8, 4) is 17.6 Å². The number of alkyl halides is 3. The Morgan fingerprint density at radius 2 is 1.55 bits per heavy atom. The van der Waals surface area contributed by atoms with Gasteiger partial charge < -0.3 is 4.74 Å². The van der Waals surface area contributed by atoms with E-state index in [4.69, 9.17) is 0 Å². The predicted molar refractivity (Wildman–Crippen MR) is 78.3 cm³/mol. The van der Waals surface area contributed by atoms with Crippen molar-refractivity contribution in [2.24, 2.45) is 0 Å². The lowest BCUT2D eigenvalue weighted by atomic mass is 10.2. The lowest BCUT2D eigenvalue weighted by molar-refractivity contribution is -0.274. The van der Waals surface area contributed by atoms with E-state index < -0.39 is 6.36 Å². The van der Waals surface area contributed by atoms with Gasteiger partial charge >= 0.3 is 6.36 Å². The van der Waals surface area contributed by atoms with Crippen LogP contribution in [0.4, 0.5) is 13.2 Å². The topological polar surface area (TPSA) is 9.23 Å². The van der Waals surface area contributed by atoms with Crippen LogP contribution in [0.15, 0.2) is 48.5 Å². The van der Waals surface area contributed by atoms with Crippen LogP contribution < -0.4 is 4.74 Å². The first-order chi connectivity index (χ1) is 9.44. The quantitative estimate of drug-likeness (QED) is 0.513. The standard InChI is InChI=1S/C15H8F3IO/c16-15(17,18)20-13-9-6-11(7-10-13)5-8-12-3-1-2-4-14(12)19/h1-4,6-7,9-10H. The number of halogens is 4. The van der Waals surface area contributed by atoms with Crippen molar-refractivity contribution < 1.29 is 17.9 Å². The Labute approximate surface area is 127 Å². The van der Waals surface area contributed by atoms with E-state index >= 15 is 0 Å². The highest BCUT2D eigenvalue weighted by Gasteiger charge is 2.30. The summed E-state index contributed by atoms with van der Waals surface area (Å²) in [5.41, 5.74) is 1.50. The van der Waals surface area contributed by atoms with Crippen LogP contribution in [-0.4, -0.2) is 6.36 Å². The summed E-state index contributed by atoms with van der Waals surface area (Å²) >= 11 is 2.18. The zero-order chi connectivity index (χ0) is 14.6. The molecule has 2 aromatic carbocycles. The van der Waals surface area contributed by atoms with Crippen LogP contribution in [0.2, 0.25) is 0 Å². The second-order valence-corrected chi connectivity index (χ2v) is 4.96. The van der Waals surface area contributed by atoms with Crippen molar-refractivity contribution in [1.82, 2.24) is 0 Å². The maximum absolute atomic E-state index is 12.0. The lowest BCUT2D eigenvalue weighted by Gasteiger charge is -2.07. The van der Waals surface area contributed by atoms with Gasteiger partial charge in [0.05, 0.1) is 0 Å². The zero-order valence-corrected chi connectivity index (χ0v) is 12.2. The van der Waals surface area contributed by atoms with Crippen molar-refractivity contribution in [1.29, 1.82) is 0 Å². The molecule has 0 aromatic heterocycles. The average Bonchev–Trinajstić information content (AvgIpc) is 2.38. The van der Waals surface area contributed by atoms with E-state index in [0.29, 0.717) is 5.56 Å². The molecule has 0 amide bonds. The molecule has 102 valence electrons. The van der Waals surface area contributed by atoms with E-state index in [2.05, 4.69) is 39.2 Å². The molecule has 0 saturated carbocycles. The van der Waals surface area contributed by atoms with Gasteiger partial charge in [0.25, 0.3) is 0 Å². The van der Waals surface area contributed by atoms with Gasteiger partial charge in [0, 0.05) is 14.7 Å². The third-order valence-electron chi connectivity index (χ3n) is 2.30. The molecule has 0 spiro atoms. The summed E-state index contributed by atoms with van der Waals surface area (Å²) in [7, 11) is 0. The van der Waals surface area contributed by atoms with Crippen molar-refractivity contribution >= 4 is 22.6 Å². The third-order valence-corrected chi connectivity index (χ3v) is 3.24. The van der Waals surface area contributed by atoms with E-state index in [1.807, 2.05) is 24.3 Å². The van der Waals surface area contributed by atoms with Crippen molar-refractivity contribution in [3.05, 3.63) is 63.2 Å². The van der Waals surface area contributed by atoms with Crippen LogP contribution in [0, 0.1) is 15.4 Å². The van der Waals surface area contributed by atoms with Crippen LogP contribution in [0.25, 0.3) is 0 Å². The molecular weight excluding hydrogens is 380 g/mol. The fraction of sp³-hybridized carbons (Fsp3) is 0.0667. The van der Waals surface area contributed by atoms with E-state index in [0.717, 1.165) is 9.13 Å². The van der Waals surface area contributed by atoms with Gasteiger partial charge in [-0.05, 0) is 59.0 Å². The molecular formula is C15H8F3IO. The van der Waals surface area contributed by atoms with Crippen LogP contribution in [0.3, 0.4) is 0 Å². The van der Waals surface area contributed by atoms with Gasteiger partial charge in [-0.1, -0.05) is 24.0 Å². The minimum Gasteiger partial charge on any atom is -0.406 e. The maximum Gasteiger partial charge on any atom is 0.573 e. The fourth-order valence-corrected chi connectivity index (χ4v) is 1.96. The smallest absolute Gasteiger partial charge is 0.406 e. The van der Waals surface area contributed by atoms with Gasteiger partial charge in [-0.2, -0.15) is 0 Å². The molecule has 2 aromatic rings. The zero-order valence-electron chi connectivity index (χ0n) is 10.0. The Hall–Kier alpha value is -1.68. The molecule has 2 rings (SSSR count). The molecule has 0 aliphatic rings. The summed E-state index contributed by atoms with van der Waals surface area (Å²) in [4.78, 5) is 0. The Morgan fingerprint density at radius 1 is 0.900 bits per heavy atom. The van der Waals surface area contributed by atoms with Crippen molar-refractivity contribution in [2.75, 3.05) is 0 Å². The number of hydrogen-bond donors (Lipinski definition) is 0. The summed E-state index contributed by atoms with van der Waals surface area (Å²) in [6, 6.07) is 13.1. The van der Waals surface area contributed by atoms with Crippen LogP contribution >= 0.6 is 22.6 Å². The molecule has 0 N–H and O–H groups in total. The first-order valence-electron chi connectivity index (χ1n) is 5.56. The van der Waals surface area contributed by atoms with Gasteiger partial charge in [-0.25, -0.2) is 0 Å². The normalized spacial score (nSPS) is 10.6. The van der Waals surface area contributed by atoms with Crippen LogP contribution in [-0.2, 0) is 0 Å². The lowest BCUT2D eigenvalue weighted by Crippen LogP contribution is -2.16. The summed E-state index contributed by atoms with van der Waals surface area (Å²) in [6.45, 7) is 0. The molecule has 0 fully saturated rings. The fourth-order valence-electron chi connectivity index (χ4n) is 1.44. The molecule has 20 heavy (non-hydrogen) atoms. The Balaban J connectivity index is 2.14. The highest BCUT2D eigenvalue weighted by atomic mass is 127. The second kappa shape index (κ2) is 6.18. The minimum absolute atomic E-state index is 0.252. The monoisotopic (exact) mass is 388 g/mol. The number of hydrogen-bond acceptors (Lipinski definition) is 1. The average molecular weight is 388 g/mol. The number of ether oxygens (including phenoxy) is 1. The largest absolute Gasteiger partial charge is 0.573 e. The van der Waals surface area contributed by atoms with E-state index in [-0.39, 0.29) is 5.75 Å². The highest BCUT2D eigenvalue weighted by Crippen LogP contribution is 2.22. The van der Waals surface area contributed by atoms with E-state index in [1.54, 1.807) is 0 Å². The molecule has 0 heterocycles. The molecule has 0 unspecified atom stereocenters. The summed E-state index contributed by atoms with van der Waals surface area (Å²) in [5.74, 6) is 5.62. The van der Waals surface area contributed by atoms with Crippen molar-refractivity contribution in [3.63, 3.8) is 0 Å². The first-order valence-corrected chi connectivity index (χ1v) is 6.64. The molecule has 0 atom stereocenters. The van der Waals surface area contributed by atoms with E-state index in [1.165, 1.54) is 24.3 Å². The number of benzene rings is 2. The Kier molecular flexibility index (Phi) is 4.55. The molecule has 0 saturated heterocycles. The minimum atomic E-state index is -4.67. The molecule has 0 bridgehead atoms. The molecule has 0 aliphatic heterocycles. The third kappa shape index (κ3) is 4.46. The Morgan fingerprint density at radius 3 is 2.15 bits per heavy atom. The molecule has 1 nitrogen and oxygen atoms in total. The summed E-state index contributed by atoms with van der Waals surface area (Å²) in [5, 5.41) is 0. The van der Waals surface area contributed by atoms with Crippen LogP contribution in [0.5, 0.6) is 5.75 Å². The Bertz CT molecular complexity index is 651.